The Hall–Kier alpha value is -3.02. The summed E-state index contributed by atoms with van der Waals surface area (Å²) in [5, 5.41) is 12.5. The number of hydrogen-bond acceptors (Lipinski definition) is 6. The fourth-order valence-electron chi connectivity index (χ4n) is 3.06. The third-order valence-corrected chi connectivity index (χ3v) is 5.64. The van der Waals surface area contributed by atoms with Crippen molar-refractivity contribution in [3.63, 3.8) is 0 Å². The van der Waals surface area contributed by atoms with Gasteiger partial charge in [0.15, 0.2) is 6.04 Å². The number of nitrogens with one attached hydrogen (secondary N) is 1. The van der Waals surface area contributed by atoms with E-state index in [9.17, 15) is 37.5 Å². The summed E-state index contributed by atoms with van der Waals surface area (Å²) >= 11 is 0.954. The van der Waals surface area contributed by atoms with Crippen LogP contribution in [-0.2, 0) is 30.3 Å². The second kappa shape index (κ2) is 8.38. The number of rotatable bonds is 6. The molecule has 3 rings (SSSR count). The molecule has 1 aromatic rings. The van der Waals surface area contributed by atoms with Gasteiger partial charge in [0.25, 0.3) is 0 Å². The molecule has 2 aliphatic rings. The Morgan fingerprint density at radius 1 is 1.20 bits per heavy atom. The van der Waals surface area contributed by atoms with Crippen LogP contribution < -0.4 is 5.32 Å². The first kappa shape index (κ1) is 21.7. The maximum absolute atomic E-state index is 12.5. The highest BCUT2D eigenvalue weighted by atomic mass is 32.2. The normalized spacial score (nSPS) is 23.0. The molecule has 3 atom stereocenters. The molecule has 8 nitrogen and oxygen atoms in total. The first-order chi connectivity index (χ1) is 14.1. The van der Waals surface area contributed by atoms with E-state index >= 15 is 0 Å². The van der Waals surface area contributed by atoms with Gasteiger partial charge in [0.2, 0.25) is 11.8 Å². The van der Waals surface area contributed by atoms with Crippen LogP contribution in [0.15, 0.2) is 41.3 Å². The van der Waals surface area contributed by atoms with Gasteiger partial charge in [-0.1, -0.05) is 30.3 Å². The van der Waals surface area contributed by atoms with E-state index in [2.05, 4.69) is 10.1 Å². The first-order valence-electron chi connectivity index (χ1n) is 8.56. The number of thioether (sulfide) groups is 1. The minimum atomic E-state index is -5.22. The van der Waals surface area contributed by atoms with Gasteiger partial charge in [-0.3, -0.25) is 9.59 Å². The van der Waals surface area contributed by atoms with Crippen LogP contribution in [0.4, 0.5) is 13.2 Å². The number of ether oxygens (including phenoxy) is 1. The summed E-state index contributed by atoms with van der Waals surface area (Å²) in [6.45, 7) is -0.927. The topological polar surface area (TPSA) is 113 Å². The van der Waals surface area contributed by atoms with Gasteiger partial charge in [0.05, 0.1) is 6.42 Å². The Morgan fingerprint density at radius 2 is 1.87 bits per heavy atom. The number of benzene rings is 1. The van der Waals surface area contributed by atoms with Crippen LogP contribution >= 0.6 is 11.8 Å². The molecule has 0 aromatic heterocycles. The van der Waals surface area contributed by atoms with Gasteiger partial charge < -0.3 is 20.1 Å². The fraction of sp³-hybridized carbons (Fsp3) is 0.333. The number of aliphatic carboxylic acids is 1. The second-order valence-corrected chi connectivity index (χ2v) is 7.48. The second-order valence-electron chi connectivity index (χ2n) is 6.49. The molecule has 2 N–H and O–H groups in total. The molecule has 2 aliphatic heterocycles. The molecule has 2 unspecified atom stereocenters. The molecule has 1 fully saturated rings. The number of β-lactam (4-membered cyclic amide) rings is 1. The summed E-state index contributed by atoms with van der Waals surface area (Å²) in [6, 6.07) is 6.21. The zero-order valence-corrected chi connectivity index (χ0v) is 15.9. The summed E-state index contributed by atoms with van der Waals surface area (Å²) in [5.74, 6) is -5.06. The van der Waals surface area contributed by atoms with Crippen molar-refractivity contribution in [1.82, 2.24) is 10.2 Å². The van der Waals surface area contributed by atoms with Crippen LogP contribution in [0.1, 0.15) is 5.56 Å². The van der Waals surface area contributed by atoms with E-state index in [1.807, 2.05) is 0 Å². The van der Waals surface area contributed by atoms with Gasteiger partial charge in [-0.25, -0.2) is 9.59 Å². The van der Waals surface area contributed by atoms with Gasteiger partial charge in [-0.2, -0.15) is 13.2 Å². The number of carboxylic acid groups (broad SMARTS) is 1. The van der Waals surface area contributed by atoms with Gasteiger partial charge in [-0.15, -0.1) is 11.8 Å². The fourth-order valence-corrected chi connectivity index (χ4v) is 4.27. The van der Waals surface area contributed by atoms with Crippen molar-refractivity contribution in [2.75, 3.05) is 6.61 Å². The van der Waals surface area contributed by atoms with E-state index in [0.717, 1.165) is 22.2 Å². The van der Waals surface area contributed by atoms with Crippen LogP contribution in [0.5, 0.6) is 0 Å². The number of hydrogen-bond donors (Lipinski definition) is 2. The highest BCUT2D eigenvalue weighted by Gasteiger charge is 2.56. The van der Waals surface area contributed by atoms with Gasteiger partial charge in [0, 0.05) is 5.57 Å². The minimum absolute atomic E-state index is 0.0266. The van der Waals surface area contributed by atoms with Crippen LogP contribution in [-0.4, -0.2) is 64.0 Å². The Labute approximate surface area is 172 Å². The molecule has 160 valence electrons. The number of nitrogens with zero attached hydrogens (tertiary/aromatic N) is 1. The highest BCUT2D eigenvalue weighted by Crippen LogP contribution is 2.40. The van der Waals surface area contributed by atoms with E-state index in [0.29, 0.717) is 0 Å². The van der Waals surface area contributed by atoms with Crippen LogP contribution in [0.25, 0.3) is 0 Å². The quantitative estimate of drug-likeness (QED) is 0.499. The lowest BCUT2D eigenvalue weighted by Gasteiger charge is -2.51. The van der Waals surface area contributed by atoms with Crippen molar-refractivity contribution in [2.45, 2.75) is 30.1 Å². The van der Waals surface area contributed by atoms with E-state index in [1.54, 1.807) is 30.3 Å². The van der Waals surface area contributed by atoms with Crippen molar-refractivity contribution >= 4 is 35.5 Å². The average molecular weight is 444 g/mol. The molecule has 0 radical (unpaired) electrons. The molecule has 0 saturated carbocycles. The van der Waals surface area contributed by atoms with Crippen LogP contribution in [0.2, 0.25) is 0 Å². The van der Waals surface area contributed by atoms with E-state index in [4.69, 9.17) is 0 Å². The summed E-state index contributed by atoms with van der Waals surface area (Å²) in [5.41, 5.74) is 0.552. The predicted octanol–water partition coefficient (Wildman–Crippen LogP) is 1.07. The predicted molar refractivity (Wildman–Crippen MR) is 96.8 cm³/mol. The summed E-state index contributed by atoms with van der Waals surface area (Å²) < 4.78 is 40.9. The molecular formula is C18H15F3N2O6S. The first-order valence-corrected chi connectivity index (χ1v) is 9.50. The van der Waals surface area contributed by atoms with Gasteiger partial charge >= 0.3 is 18.1 Å². The minimum Gasteiger partial charge on any atom is -0.479 e. The molecule has 2 amide bonds. The van der Waals surface area contributed by atoms with E-state index in [-0.39, 0.29) is 12.0 Å². The lowest BCUT2D eigenvalue weighted by atomic mass is 9.98. The number of amides is 2. The third kappa shape index (κ3) is 4.42. The van der Waals surface area contributed by atoms with E-state index < -0.39 is 54.0 Å². The Kier molecular flexibility index (Phi) is 6.06. The number of carboxylic acids is 1. The number of carbonyl (C=O) groups is 4. The highest BCUT2D eigenvalue weighted by molar-refractivity contribution is 8.02. The molecule has 1 saturated heterocycles. The van der Waals surface area contributed by atoms with Crippen molar-refractivity contribution in [2.24, 2.45) is 0 Å². The lowest BCUT2D eigenvalue weighted by molar-refractivity contribution is -0.199. The van der Waals surface area contributed by atoms with Crippen LogP contribution in [0.3, 0.4) is 0 Å². The SMILES string of the molecule is O=C(Cc1ccccc1)NC1C(=O)N2C(C(=O)O)C(COC(=O)C(F)(F)F)=CS[C@H]12. The monoisotopic (exact) mass is 444 g/mol. The third-order valence-electron chi connectivity index (χ3n) is 4.43. The largest absolute Gasteiger partial charge is 0.490 e. The molecule has 0 aliphatic carbocycles. The lowest BCUT2D eigenvalue weighted by Crippen LogP contribution is -2.74. The molecule has 30 heavy (non-hydrogen) atoms. The standard InChI is InChI=1S/C18H15F3N2O6S/c19-18(20,21)17(28)29-7-10-8-30-15-12(14(25)23(15)13(10)16(26)27)22-11(24)6-9-4-2-1-3-5-9/h1-5,8,12-13,15H,6-7H2,(H,22,24)(H,26,27)/t12?,13?,15-/m1/s1. The Morgan fingerprint density at radius 3 is 2.47 bits per heavy atom. The van der Waals surface area contributed by atoms with Crippen molar-refractivity contribution < 1.29 is 42.2 Å². The van der Waals surface area contributed by atoms with Gasteiger partial charge in [-0.05, 0) is 11.0 Å². The maximum atomic E-state index is 12.5. The Balaban J connectivity index is 1.66. The molecule has 0 spiro atoms. The van der Waals surface area contributed by atoms with Crippen molar-refractivity contribution in [1.29, 1.82) is 0 Å². The van der Waals surface area contributed by atoms with Crippen molar-refractivity contribution in [3.05, 3.63) is 46.9 Å². The molecular weight excluding hydrogens is 429 g/mol. The van der Waals surface area contributed by atoms with Crippen LogP contribution in [0, 0.1) is 0 Å². The number of esters is 1. The number of halogens is 3. The average Bonchev–Trinajstić information content (AvgIpc) is 2.69. The zero-order chi connectivity index (χ0) is 22.1. The summed E-state index contributed by atoms with van der Waals surface area (Å²) in [6.07, 6.45) is -5.19. The summed E-state index contributed by atoms with van der Waals surface area (Å²) in [7, 11) is 0. The molecule has 1 aromatic carbocycles. The Bertz CT molecular complexity index is 905. The zero-order valence-electron chi connectivity index (χ0n) is 15.1. The van der Waals surface area contributed by atoms with Crippen molar-refractivity contribution in [3.8, 4) is 0 Å². The maximum Gasteiger partial charge on any atom is 0.490 e. The van der Waals surface area contributed by atoms with Gasteiger partial charge in [0.1, 0.15) is 18.0 Å². The summed E-state index contributed by atoms with van der Waals surface area (Å²) in [4.78, 5) is 48.1. The van der Waals surface area contributed by atoms with E-state index in [1.165, 1.54) is 5.41 Å². The smallest absolute Gasteiger partial charge is 0.479 e. The molecule has 0 bridgehead atoms. The molecule has 12 heteroatoms. The number of carbonyl (C=O) groups excluding carboxylic acids is 3. The number of alkyl halides is 3. The number of fused-ring (bicyclic) bond motifs is 1. The molecule has 2 heterocycles.